The van der Waals surface area contributed by atoms with Gasteiger partial charge in [0.25, 0.3) is 5.91 Å². The maximum Gasteiger partial charge on any atom is 0.255 e. The molecular weight excluding hydrogens is 316 g/mol. The van der Waals surface area contributed by atoms with Crippen LogP contribution in [0.25, 0.3) is 16.9 Å². The van der Waals surface area contributed by atoms with E-state index in [1.807, 2.05) is 45.9 Å². The second kappa shape index (κ2) is 6.64. The topological polar surface area (TPSA) is 71.2 Å². The van der Waals surface area contributed by atoms with Gasteiger partial charge in [-0.25, -0.2) is 9.97 Å². The third-order valence-electron chi connectivity index (χ3n) is 4.76. The molecule has 0 spiro atoms. The highest BCUT2D eigenvalue weighted by Crippen LogP contribution is 2.19. The van der Waals surface area contributed by atoms with Crippen LogP contribution in [0.3, 0.4) is 0 Å². The number of aliphatic hydroxyl groups is 1. The molecule has 1 aliphatic heterocycles. The Labute approximate surface area is 145 Å². The Bertz CT molecular complexity index is 888. The molecule has 0 radical (unpaired) electrons. The van der Waals surface area contributed by atoms with Crippen molar-refractivity contribution in [2.75, 3.05) is 19.7 Å². The minimum Gasteiger partial charge on any atom is -0.396 e. The summed E-state index contributed by atoms with van der Waals surface area (Å²) in [5, 5.41) is 9.33. The van der Waals surface area contributed by atoms with Gasteiger partial charge in [-0.1, -0.05) is 12.1 Å². The number of fused-ring (bicyclic) bond motifs is 1. The van der Waals surface area contributed by atoms with Gasteiger partial charge in [0.2, 0.25) is 0 Å². The molecule has 25 heavy (non-hydrogen) atoms. The Morgan fingerprint density at radius 3 is 2.88 bits per heavy atom. The highest BCUT2D eigenvalue weighted by atomic mass is 16.3. The predicted octanol–water partition coefficient (Wildman–Crippen LogP) is 2.26. The Morgan fingerprint density at radius 1 is 1.20 bits per heavy atom. The summed E-state index contributed by atoms with van der Waals surface area (Å²) in [4.78, 5) is 23.3. The van der Waals surface area contributed by atoms with Crippen LogP contribution in [0.1, 0.15) is 23.2 Å². The highest BCUT2D eigenvalue weighted by Gasteiger charge is 2.24. The molecule has 1 aliphatic rings. The average molecular weight is 336 g/mol. The van der Waals surface area contributed by atoms with Crippen LogP contribution in [0, 0.1) is 5.92 Å². The number of imidazole rings is 1. The molecule has 1 unspecified atom stereocenters. The zero-order valence-corrected chi connectivity index (χ0v) is 13.9. The van der Waals surface area contributed by atoms with Gasteiger partial charge in [0.05, 0.1) is 16.6 Å². The lowest BCUT2D eigenvalue weighted by atomic mass is 9.98. The lowest BCUT2D eigenvalue weighted by Crippen LogP contribution is -2.41. The molecule has 128 valence electrons. The second-order valence-corrected chi connectivity index (χ2v) is 6.45. The van der Waals surface area contributed by atoms with E-state index >= 15 is 0 Å². The molecule has 1 saturated heterocycles. The van der Waals surface area contributed by atoms with Crippen molar-refractivity contribution in [3.05, 3.63) is 54.5 Å². The molecule has 6 nitrogen and oxygen atoms in total. The van der Waals surface area contributed by atoms with E-state index in [0.717, 1.165) is 36.2 Å². The van der Waals surface area contributed by atoms with Crippen LogP contribution in [-0.4, -0.2) is 50.1 Å². The molecule has 1 fully saturated rings. The van der Waals surface area contributed by atoms with Crippen molar-refractivity contribution in [2.45, 2.75) is 12.8 Å². The number of benzene rings is 1. The van der Waals surface area contributed by atoms with Gasteiger partial charge in [-0.2, -0.15) is 0 Å². The van der Waals surface area contributed by atoms with Crippen molar-refractivity contribution in [3.63, 3.8) is 0 Å². The third-order valence-corrected chi connectivity index (χ3v) is 4.76. The van der Waals surface area contributed by atoms with E-state index in [4.69, 9.17) is 0 Å². The van der Waals surface area contributed by atoms with E-state index in [0.29, 0.717) is 12.1 Å². The van der Waals surface area contributed by atoms with Gasteiger partial charge >= 0.3 is 0 Å². The number of para-hydroxylation sites is 2. The number of aromatic nitrogens is 3. The molecule has 6 heteroatoms. The summed E-state index contributed by atoms with van der Waals surface area (Å²) in [6.45, 7) is 1.49. The molecular formula is C19H20N4O2. The maximum atomic E-state index is 12.7. The van der Waals surface area contributed by atoms with Crippen molar-refractivity contribution in [3.8, 4) is 5.82 Å². The first-order chi connectivity index (χ1) is 12.3. The van der Waals surface area contributed by atoms with Gasteiger partial charge < -0.3 is 10.0 Å². The van der Waals surface area contributed by atoms with Gasteiger partial charge in [-0.05, 0) is 43.0 Å². The molecule has 0 aliphatic carbocycles. The van der Waals surface area contributed by atoms with Crippen molar-refractivity contribution in [2.24, 2.45) is 5.92 Å². The largest absolute Gasteiger partial charge is 0.396 e. The fraction of sp³-hybridized carbons (Fsp3) is 0.316. The van der Waals surface area contributed by atoms with Gasteiger partial charge in [0, 0.05) is 25.9 Å². The number of hydrogen-bond donors (Lipinski definition) is 1. The van der Waals surface area contributed by atoms with Gasteiger partial charge in [0.15, 0.2) is 0 Å². The molecule has 0 bridgehead atoms. The number of rotatable bonds is 3. The monoisotopic (exact) mass is 336 g/mol. The first kappa shape index (κ1) is 15.8. The lowest BCUT2D eigenvalue weighted by molar-refractivity contribution is 0.0620. The molecule has 3 aromatic rings. The summed E-state index contributed by atoms with van der Waals surface area (Å²) < 4.78 is 1.91. The third kappa shape index (κ3) is 3.00. The molecule has 2 aromatic heterocycles. The summed E-state index contributed by atoms with van der Waals surface area (Å²) in [5.74, 6) is 0.895. The summed E-state index contributed by atoms with van der Waals surface area (Å²) in [6.07, 6.45) is 5.27. The number of likely N-dealkylation sites (tertiary alicyclic amines) is 1. The van der Waals surface area contributed by atoms with E-state index in [1.165, 1.54) is 0 Å². The molecule has 1 aromatic carbocycles. The summed E-state index contributed by atoms with van der Waals surface area (Å²) in [5.41, 5.74) is 2.47. The smallest absolute Gasteiger partial charge is 0.255 e. The number of piperidine rings is 1. The average Bonchev–Trinajstić information content (AvgIpc) is 3.12. The quantitative estimate of drug-likeness (QED) is 0.796. The van der Waals surface area contributed by atoms with Crippen LogP contribution in [0.15, 0.2) is 48.9 Å². The van der Waals surface area contributed by atoms with Crippen molar-refractivity contribution < 1.29 is 9.90 Å². The maximum absolute atomic E-state index is 12.7. The minimum atomic E-state index is -0.0207. The van der Waals surface area contributed by atoms with Crippen LogP contribution >= 0.6 is 0 Å². The molecule has 3 heterocycles. The van der Waals surface area contributed by atoms with Crippen molar-refractivity contribution >= 4 is 16.9 Å². The minimum absolute atomic E-state index is 0.0207. The van der Waals surface area contributed by atoms with E-state index in [2.05, 4.69) is 9.97 Å². The number of pyridine rings is 1. The first-order valence-corrected chi connectivity index (χ1v) is 8.55. The van der Waals surface area contributed by atoms with Crippen molar-refractivity contribution in [1.82, 2.24) is 19.4 Å². The fourth-order valence-corrected chi connectivity index (χ4v) is 3.38. The van der Waals surface area contributed by atoms with Crippen LogP contribution in [-0.2, 0) is 0 Å². The first-order valence-electron chi connectivity index (χ1n) is 8.55. The SMILES string of the molecule is O=C(c1ccc(-n2cnc3ccccc32)nc1)N1CCCC(CO)C1. The second-order valence-electron chi connectivity index (χ2n) is 6.45. The van der Waals surface area contributed by atoms with E-state index in [1.54, 1.807) is 12.5 Å². The van der Waals surface area contributed by atoms with Crippen LogP contribution in [0.2, 0.25) is 0 Å². The van der Waals surface area contributed by atoms with Crippen LogP contribution in [0.5, 0.6) is 0 Å². The summed E-state index contributed by atoms with van der Waals surface area (Å²) >= 11 is 0. The van der Waals surface area contributed by atoms with Crippen LogP contribution in [0.4, 0.5) is 0 Å². The number of carbonyl (C=O) groups is 1. The van der Waals surface area contributed by atoms with E-state index in [9.17, 15) is 9.90 Å². The number of nitrogens with zero attached hydrogens (tertiary/aromatic N) is 4. The molecule has 1 amide bonds. The molecule has 1 N–H and O–H groups in total. The molecule has 1 atom stereocenters. The Kier molecular flexibility index (Phi) is 4.19. The lowest BCUT2D eigenvalue weighted by Gasteiger charge is -2.31. The zero-order chi connectivity index (χ0) is 17.2. The fourth-order valence-electron chi connectivity index (χ4n) is 3.38. The van der Waals surface area contributed by atoms with Gasteiger partial charge in [-0.15, -0.1) is 0 Å². The van der Waals surface area contributed by atoms with Gasteiger partial charge in [-0.3, -0.25) is 9.36 Å². The molecule has 4 rings (SSSR count). The summed E-state index contributed by atoms with van der Waals surface area (Å²) in [6, 6.07) is 11.5. The van der Waals surface area contributed by atoms with E-state index in [-0.39, 0.29) is 18.4 Å². The standard InChI is InChI=1S/C19H20N4O2/c24-12-14-4-3-9-22(11-14)19(25)15-7-8-18(20-10-15)23-13-21-16-5-1-2-6-17(16)23/h1-2,5-8,10,13-14,24H,3-4,9,11-12H2. The predicted molar refractivity (Wildman–Crippen MR) is 94.6 cm³/mol. The Hall–Kier alpha value is -2.73. The summed E-state index contributed by atoms with van der Waals surface area (Å²) in [7, 11) is 0. The number of amides is 1. The normalized spacial score (nSPS) is 17.8. The Morgan fingerprint density at radius 2 is 2.08 bits per heavy atom. The van der Waals surface area contributed by atoms with Crippen LogP contribution < -0.4 is 0 Å². The Balaban J connectivity index is 1.56. The number of hydrogen-bond acceptors (Lipinski definition) is 4. The number of carbonyl (C=O) groups excluding carboxylic acids is 1. The zero-order valence-electron chi connectivity index (χ0n) is 13.9. The number of aliphatic hydroxyl groups excluding tert-OH is 1. The van der Waals surface area contributed by atoms with Gasteiger partial charge in [0.1, 0.15) is 12.1 Å². The highest BCUT2D eigenvalue weighted by molar-refractivity contribution is 5.94. The van der Waals surface area contributed by atoms with Crippen molar-refractivity contribution in [1.29, 1.82) is 0 Å². The molecule has 0 saturated carbocycles. The van der Waals surface area contributed by atoms with E-state index < -0.39 is 0 Å².